The first kappa shape index (κ1) is 25.2. The van der Waals surface area contributed by atoms with E-state index >= 15 is 0 Å². The Hall–Kier alpha value is -5.32. The van der Waals surface area contributed by atoms with Crippen LogP contribution in [0, 0.1) is 0 Å². The lowest BCUT2D eigenvalue weighted by Crippen LogP contribution is -2.50. The topological polar surface area (TPSA) is 30.7 Å². The van der Waals surface area contributed by atoms with E-state index < -0.39 is 8.07 Å². The van der Waals surface area contributed by atoms with Crippen molar-refractivity contribution < 1.29 is 0 Å². The second-order valence-corrected chi connectivity index (χ2v) is 16.5. The van der Waals surface area contributed by atoms with Gasteiger partial charge in [0.15, 0.2) is 5.82 Å². The van der Waals surface area contributed by atoms with E-state index in [0.717, 1.165) is 28.3 Å². The van der Waals surface area contributed by atoms with Crippen LogP contribution in [0.5, 0.6) is 0 Å². The molecule has 0 fully saturated rings. The molecule has 4 heteroatoms. The highest BCUT2D eigenvalue weighted by Crippen LogP contribution is 2.39. The van der Waals surface area contributed by atoms with Gasteiger partial charge in [0.1, 0.15) is 8.07 Å². The molecule has 0 unspecified atom stereocenters. The third kappa shape index (κ3) is 3.55. The molecule has 9 rings (SSSR count). The van der Waals surface area contributed by atoms with Gasteiger partial charge < -0.3 is 4.57 Å². The summed E-state index contributed by atoms with van der Waals surface area (Å²) < 4.78 is 2.39. The molecule has 0 N–H and O–H groups in total. The SMILES string of the molecule is C[Si]1(C)c2ccccc2-c2c(-c3ccccc3)nc(-c3cccc(-n4c5ccccc5c5c6ccccc6ccc54)c3)nc21. The summed E-state index contributed by atoms with van der Waals surface area (Å²) in [4.78, 5) is 10.7. The highest BCUT2D eigenvalue weighted by atomic mass is 28.3. The molecule has 0 spiro atoms. The van der Waals surface area contributed by atoms with Crippen LogP contribution < -0.4 is 10.5 Å². The Balaban J connectivity index is 1.30. The molecule has 0 saturated heterocycles. The first-order valence-electron chi connectivity index (χ1n) is 15.2. The summed E-state index contributed by atoms with van der Waals surface area (Å²) in [5, 5.41) is 7.73. The van der Waals surface area contributed by atoms with Gasteiger partial charge in [0.2, 0.25) is 0 Å². The number of hydrogen-bond donors (Lipinski definition) is 0. The summed E-state index contributed by atoms with van der Waals surface area (Å²) in [6, 6.07) is 50.1. The smallest absolute Gasteiger partial charge is 0.159 e. The Morgan fingerprint density at radius 3 is 2.18 bits per heavy atom. The van der Waals surface area contributed by atoms with Crippen molar-refractivity contribution >= 4 is 51.2 Å². The molecule has 208 valence electrons. The monoisotopic (exact) mass is 579 g/mol. The molecule has 0 saturated carbocycles. The van der Waals surface area contributed by atoms with Crippen LogP contribution in [0.2, 0.25) is 13.1 Å². The highest BCUT2D eigenvalue weighted by Gasteiger charge is 2.41. The molecule has 1 aliphatic rings. The molecular formula is C40H29N3Si. The normalized spacial score (nSPS) is 13.4. The molecule has 0 radical (unpaired) electrons. The third-order valence-electron chi connectivity index (χ3n) is 9.34. The maximum absolute atomic E-state index is 5.41. The summed E-state index contributed by atoms with van der Waals surface area (Å²) >= 11 is 0. The zero-order valence-electron chi connectivity index (χ0n) is 24.6. The van der Waals surface area contributed by atoms with E-state index in [1.807, 2.05) is 0 Å². The molecule has 8 aromatic rings. The number of hydrogen-bond acceptors (Lipinski definition) is 2. The van der Waals surface area contributed by atoms with Crippen LogP contribution in [0.4, 0.5) is 0 Å². The number of rotatable bonds is 3. The maximum atomic E-state index is 5.41. The van der Waals surface area contributed by atoms with Gasteiger partial charge in [-0.1, -0.05) is 128 Å². The fraction of sp³-hybridized carbons (Fsp3) is 0.0500. The van der Waals surface area contributed by atoms with Crippen LogP contribution >= 0.6 is 0 Å². The van der Waals surface area contributed by atoms with Crippen LogP contribution in [0.1, 0.15) is 0 Å². The maximum Gasteiger partial charge on any atom is 0.159 e. The zero-order valence-corrected chi connectivity index (χ0v) is 25.6. The second-order valence-electron chi connectivity index (χ2n) is 12.2. The minimum Gasteiger partial charge on any atom is -0.309 e. The van der Waals surface area contributed by atoms with Crippen molar-refractivity contribution in [2.45, 2.75) is 13.1 Å². The van der Waals surface area contributed by atoms with Crippen molar-refractivity contribution in [1.82, 2.24) is 14.5 Å². The average molecular weight is 580 g/mol. The molecule has 0 aliphatic carbocycles. The summed E-state index contributed by atoms with van der Waals surface area (Å²) in [5.41, 5.74) is 9.16. The van der Waals surface area contributed by atoms with E-state index in [9.17, 15) is 0 Å². The summed E-state index contributed by atoms with van der Waals surface area (Å²) in [7, 11) is -2.03. The van der Waals surface area contributed by atoms with Crippen LogP contribution in [-0.2, 0) is 0 Å². The van der Waals surface area contributed by atoms with E-state index in [1.165, 1.54) is 54.2 Å². The number of benzene rings is 6. The van der Waals surface area contributed by atoms with Crippen molar-refractivity contribution in [3.63, 3.8) is 0 Å². The number of nitrogens with zero attached hydrogens (tertiary/aromatic N) is 3. The predicted octanol–water partition coefficient (Wildman–Crippen LogP) is 8.86. The van der Waals surface area contributed by atoms with Crippen molar-refractivity contribution in [2.24, 2.45) is 0 Å². The van der Waals surface area contributed by atoms with Crippen molar-refractivity contribution in [1.29, 1.82) is 0 Å². The standard InChI is InChI=1S/C40H29N3Si/c1-44(2)35-22-11-9-20-32(35)37-38(27-14-4-3-5-15-27)41-39(42-40(37)44)28-16-12-17-29(25-28)43-33-21-10-8-19-31(33)36-30-18-7-6-13-26(30)23-24-34(36)43/h3-25H,1-2H3. The second kappa shape index (κ2) is 9.34. The predicted molar refractivity (Wildman–Crippen MR) is 187 cm³/mol. The van der Waals surface area contributed by atoms with E-state index in [1.54, 1.807) is 0 Å². The molecule has 1 aliphatic heterocycles. The summed E-state index contributed by atoms with van der Waals surface area (Å²) in [6.07, 6.45) is 0. The van der Waals surface area contributed by atoms with E-state index in [0.29, 0.717) is 0 Å². The third-order valence-corrected chi connectivity index (χ3v) is 12.7. The Labute approximate surface area is 257 Å². The lowest BCUT2D eigenvalue weighted by atomic mass is 10.0. The van der Waals surface area contributed by atoms with E-state index in [-0.39, 0.29) is 0 Å². The first-order chi connectivity index (χ1) is 21.6. The van der Waals surface area contributed by atoms with Gasteiger partial charge in [-0.15, -0.1) is 0 Å². The minimum absolute atomic E-state index is 0.782. The Morgan fingerprint density at radius 1 is 0.568 bits per heavy atom. The Bertz CT molecular complexity index is 2420. The quantitative estimate of drug-likeness (QED) is 0.196. The fourth-order valence-corrected chi connectivity index (χ4v) is 10.2. The van der Waals surface area contributed by atoms with Gasteiger partial charge in [0.25, 0.3) is 0 Å². The van der Waals surface area contributed by atoms with Crippen molar-refractivity contribution in [3.8, 4) is 39.5 Å². The van der Waals surface area contributed by atoms with Gasteiger partial charge in [0, 0.05) is 38.5 Å². The lowest BCUT2D eigenvalue weighted by Gasteiger charge is -2.19. The molecule has 0 bridgehead atoms. The molecule has 6 aromatic carbocycles. The molecule has 0 amide bonds. The van der Waals surface area contributed by atoms with Crippen molar-refractivity contribution in [2.75, 3.05) is 0 Å². The zero-order chi connectivity index (χ0) is 29.4. The fourth-order valence-electron chi connectivity index (χ4n) is 7.28. The van der Waals surface area contributed by atoms with Gasteiger partial charge in [0.05, 0.1) is 16.7 Å². The summed E-state index contributed by atoms with van der Waals surface area (Å²) in [5.74, 6) is 0.782. The molecule has 44 heavy (non-hydrogen) atoms. The van der Waals surface area contributed by atoms with Crippen LogP contribution in [0.25, 0.3) is 72.0 Å². The molecule has 2 aromatic heterocycles. The van der Waals surface area contributed by atoms with Gasteiger partial charge in [-0.25, -0.2) is 9.97 Å². The number of para-hydroxylation sites is 1. The largest absolute Gasteiger partial charge is 0.309 e. The number of aromatic nitrogens is 3. The highest BCUT2D eigenvalue weighted by molar-refractivity contribution is 7.03. The van der Waals surface area contributed by atoms with Gasteiger partial charge in [-0.05, 0) is 45.8 Å². The molecule has 3 heterocycles. The summed E-state index contributed by atoms with van der Waals surface area (Å²) in [6.45, 7) is 4.84. The van der Waals surface area contributed by atoms with Crippen LogP contribution in [0.15, 0.2) is 140 Å². The average Bonchev–Trinajstić information content (AvgIpc) is 3.54. The van der Waals surface area contributed by atoms with Gasteiger partial charge >= 0.3 is 0 Å². The Kier molecular flexibility index (Phi) is 5.35. The Morgan fingerprint density at radius 2 is 1.30 bits per heavy atom. The van der Waals surface area contributed by atoms with Crippen LogP contribution in [0.3, 0.4) is 0 Å². The molecule has 0 atom stereocenters. The van der Waals surface area contributed by atoms with Crippen molar-refractivity contribution in [3.05, 3.63) is 140 Å². The van der Waals surface area contributed by atoms with Crippen LogP contribution in [-0.4, -0.2) is 22.6 Å². The van der Waals surface area contributed by atoms with Gasteiger partial charge in [-0.3, -0.25) is 0 Å². The minimum atomic E-state index is -2.03. The number of fused-ring (bicyclic) bond motifs is 8. The lowest BCUT2D eigenvalue weighted by molar-refractivity contribution is 1.17. The first-order valence-corrected chi connectivity index (χ1v) is 18.2. The molecule has 3 nitrogen and oxygen atoms in total. The molecular weight excluding hydrogens is 551 g/mol. The van der Waals surface area contributed by atoms with E-state index in [2.05, 4.69) is 157 Å². The van der Waals surface area contributed by atoms with Gasteiger partial charge in [-0.2, -0.15) is 0 Å². The van der Waals surface area contributed by atoms with E-state index in [4.69, 9.17) is 9.97 Å².